The van der Waals surface area contributed by atoms with Crippen molar-refractivity contribution < 1.29 is 0 Å². The van der Waals surface area contributed by atoms with Crippen LogP contribution in [0, 0.1) is 18.3 Å². The van der Waals surface area contributed by atoms with E-state index in [1.807, 2.05) is 24.3 Å². The van der Waals surface area contributed by atoms with Crippen molar-refractivity contribution in [2.45, 2.75) is 25.7 Å². The Bertz CT molecular complexity index is 586. The Morgan fingerprint density at radius 3 is 2.59 bits per heavy atom. The summed E-state index contributed by atoms with van der Waals surface area (Å²) in [6, 6.07) is 9.89. The molecule has 0 radical (unpaired) electrons. The Balaban J connectivity index is 1.99. The molecule has 0 bridgehead atoms. The summed E-state index contributed by atoms with van der Waals surface area (Å²) in [5.74, 6) is 0.714. The molecule has 17 heavy (non-hydrogen) atoms. The number of benzene rings is 1. The molecule has 0 atom stereocenters. The molecule has 2 aromatic rings. The summed E-state index contributed by atoms with van der Waals surface area (Å²) in [4.78, 5) is 5.89. The number of rotatable bonds is 2. The molecule has 1 aromatic heterocycles. The lowest BCUT2D eigenvalue weighted by molar-refractivity contribution is 1.06. The number of thiazole rings is 1. The molecule has 1 fully saturated rings. The van der Waals surface area contributed by atoms with Gasteiger partial charge in [0.05, 0.1) is 27.2 Å². The smallest absolute Gasteiger partial charge is 0.0991 e. The number of hydrogen-bond acceptors (Lipinski definition) is 3. The predicted molar refractivity (Wildman–Crippen MR) is 69.0 cm³/mol. The van der Waals surface area contributed by atoms with E-state index in [9.17, 15) is 0 Å². The van der Waals surface area contributed by atoms with Gasteiger partial charge in [-0.1, -0.05) is 12.1 Å². The minimum Gasteiger partial charge on any atom is -0.246 e. The van der Waals surface area contributed by atoms with Crippen LogP contribution in [-0.4, -0.2) is 4.98 Å². The highest BCUT2D eigenvalue weighted by Crippen LogP contribution is 2.44. The van der Waals surface area contributed by atoms with Gasteiger partial charge in [0.25, 0.3) is 0 Å². The van der Waals surface area contributed by atoms with Gasteiger partial charge in [0.1, 0.15) is 0 Å². The third-order valence-electron chi connectivity index (χ3n) is 3.02. The van der Waals surface area contributed by atoms with Gasteiger partial charge in [-0.05, 0) is 37.5 Å². The minimum atomic E-state index is 0.707. The summed E-state index contributed by atoms with van der Waals surface area (Å²) in [6.07, 6.45) is 2.58. The highest BCUT2D eigenvalue weighted by Gasteiger charge is 2.27. The molecule has 0 amide bonds. The molecule has 2 nitrogen and oxygen atoms in total. The number of aromatic nitrogens is 1. The maximum atomic E-state index is 8.78. The van der Waals surface area contributed by atoms with Crippen LogP contribution in [0.4, 0.5) is 0 Å². The molecule has 1 aliphatic rings. The summed E-state index contributed by atoms with van der Waals surface area (Å²) in [5, 5.41) is 10.1. The van der Waals surface area contributed by atoms with Crippen LogP contribution >= 0.6 is 11.3 Å². The molecule has 1 saturated carbocycles. The molecule has 84 valence electrons. The lowest BCUT2D eigenvalue weighted by Gasteiger charge is -1.98. The van der Waals surface area contributed by atoms with Gasteiger partial charge in [0, 0.05) is 5.92 Å². The third kappa shape index (κ3) is 1.96. The minimum absolute atomic E-state index is 0.707. The number of nitriles is 1. The first-order valence-electron chi connectivity index (χ1n) is 5.76. The van der Waals surface area contributed by atoms with Crippen molar-refractivity contribution >= 4 is 11.3 Å². The topological polar surface area (TPSA) is 36.7 Å². The first-order chi connectivity index (χ1) is 8.28. The van der Waals surface area contributed by atoms with Crippen molar-refractivity contribution in [2.75, 3.05) is 0 Å². The summed E-state index contributed by atoms with van der Waals surface area (Å²) >= 11 is 1.80. The van der Waals surface area contributed by atoms with Crippen LogP contribution in [0.1, 0.15) is 35.0 Å². The standard InChI is InChI=1S/C14H12N2S/c1-9-13(17-14(16-9)12-6-7-12)11-4-2-10(8-15)3-5-11/h2-5,12H,6-7H2,1H3. The number of nitrogens with zero attached hydrogens (tertiary/aromatic N) is 2. The molecule has 0 saturated heterocycles. The largest absolute Gasteiger partial charge is 0.246 e. The molecule has 0 aliphatic heterocycles. The van der Waals surface area contributed by atoms with Gasteiger partial charge in [-0.3, -0.25) is 0 Å². The zero-order valence-electron chi connectivity index (χ0n) is 9.60. The SMILES string of the molecule is Cc1nc(C2CC2)sc1-c1ccc(C#N)cc1. The first kappa shape index (κ1) is 10.5. The van der Waals surface area contributed by atoms with Crippen molar-refractivity contribution in [3.8, 4) is 16.5 Å². The zero-order valence-corrected chi connectivity index (χ0v) is 10.4. The molecule has 1 aromatic carbocycles. The van der Waals surface area contributed by atoms with Crippen LogP contribution in [-0.2, 0) is 0 Å². The lowest BCUT2D eigenvalue weighted by Crippen LogP contribution is -1.79. The summed E-state index contributed by atoms with van der Waals surface area (Å²) in [6.45, 7) is 2.07. The predicted octanol–water partition coefficient (Wildman–Crippen LogP) is 3.87. The first-order valence-corrected chi connectivity index (χ1v) is 6.57. The highest BCUT2D eigenvalue weighted by molar-refractivity contribution is 7.15. The van der Waals surface area contributed by atoms with Gasteiger partial charge in [0.15, 0.2) is 0 Å². The zero-order chi connectivity index (χ0) is 11.8. The molecule has 0 N–H and O–H groups in total. The maximum Gasteiger partial charge on any atom is 0.0991 e. The van der Waals surface area contributed by atoms with Crippen LogP contribution in [0.15, 0.2) is 24.3 Å². The summed E-state index contributed by atoms with van der Waals surface area (Å²) in [7, 11) is 0. The quantitative estimate of drug-likeness (QED) is 0.799. The third-order valence-corrected chi connectivity index (χ3v) is 4.38. The molecule has 0 spiro atoms. The molecular formula is C14H12N2S. The fourth-order valence-corrected chi connectivity index (χ4v) is 3.13. The number of aryl methyl sites for hydroxylation is 1. The van der Waals surface area contributed by atoms with E-state index in [-0.39, 0.29) is 0 Å². The van der Waals surface area contributed by atoms with Gasteiger partial charge in [-0.2, -0.15) is 5.26 Å². The van der Waals surface area contributed by atoms with Gasteiger partial charge < -0.3 is 0 Å². The monoisotopic (exact) mass is 240 g/mol. The Labute approximate surface area is 105 Å². The maximum absolute atomic E-state index is 8.78. The molecular weight excluding hydrogens is 228 g/mol. The van der Waals surface area contributed by atoms with Gasteiger partial charge >= 0.3 is 0 Å². The molecule has 1 aliphatic carbocycles. The average molecular weight is 240 g/mol. The van der Waals surface area contributed by atoms with Crippen LogP contribution < -0.4 is 0 Å². The lowest BCUT2D eigenvalue weighted by atomic mass is 10.1. The van der Waals surface area contributed by atoms with Crippen molar-refractivity contribution in [3.05, 3.63) is 40.5 Å². The van der Waals surface area contributed by atoms with E-state index < -0.39 is 0 Å². The van der Waals surface area contributed by atoms with E-state index in [0.29, 0.717) is 11.5 Å². The van der Waals surface area contributed by atoms with Gasteiger partial charge in [-0.15, -0.1) is 11.3 Å². The van der Waals surface area contributed by atoms with Crippen molar-refractivity contribution in [2.24, 2.45) is 0 Å². The van der Waals surface area contributed by atoms with Gasteiger partial charge in [0.2, 0.25) is 0 Å². The number of hydrogen-bond donors (Lipinski definition) is 0. The fourth-order valence-electron chi connectivity index (χ4n) is 1.89. The molecule has 1 heterocycles. The molecule has 3 rings (SSSR count). The Hall–Kier alpha value is -1.66. The van der Waals surface area contributed by atoms with Crippen LogP contribution in [0.25, 0.3) is 10.4 Å². The van der Waals surface area contributed by atoms with Crippen LogP contribution in [0.5, 0.6) is 0 Å². The van der Waals surface area contributed by atoms with E-state index >= 15 is 0 Å². The fraction of sp³-hybridized carbons (Fsp3) is 0.286. The van der Waals surface area contributed by atoms with E-state index in [1.165, 1.54) is 28.3 Å². The highest BCUT2D eigenvalue weighted by atomic mass is 32.1. The average Bonchev–Trinajstić information content (AvgIpc) is 3.13. The van der Waals surface area contributed by atoms with E-state index in [4.69, 9.17) is 5.26 Å². The normalized spacial score (nSPS) is 14.6. The van der Waals surface area contributed by atoms with Crippen molar-refractivity contribution in [1.29, 1.82) is 5.26 Å². The van der Waals surface area contributed by atoms with Crippen molar-refractivity contribution in [3.63, 3.8) is 0 Å². The molecule has 0 unspecified atom stereocenters. The second kappa shape index (κ2) is 3.97. The second-order valence-corrected chi connectivity index (χ2v) is 5.46. The Morgan fingerprint density at radius 2 is 2.00 bits per heavy atom. The second-order valence-electron chi connectivity index (χ2n) is 4.43. The van der Waals surface area contributed by atoms with E-state index in [0.717, 1.165) is 5.69 Å². The van der Waals surface area contributed by atoms with E-state index in [1.54, 1.807) is 11.3 Å². The summed E-state index contributed by atoms with van der Waals surface area (Å²) in [5.41, 5.74) is 2.99. The van der Waals surface area contributed by atoms with E-state index in [2.05, 4.69) is 18.0 Å². The Kier molecular flexibility index (Phi) is 2.45. The Morgan fingerprint density at radius 1 is 1.29 bits per heavy atom. The van der Waals surface area contributed by atoms with Gasteiger partial charge in [-0.25, -0.2) is 4.98 Å². The van der Waals surface area contributed by atoms with Crippen molar-refractivity contribution in [1.82, 2.24) is 4.98 Å². The van der Waals surface area contributed by atoms with Crippen LogP contribution in [0.3, 0.4) is 0 Å². The molecule has 3 heteroatoms. The summed E-state index contributed by atoms with van der Waals surface area (Å²) < 4.78 is 0. The van der Waals surface area contributed by atoms with Crippen LogP contribution in [0.2, 0.25) is 0 Å².